The van der Waals surface area contributed by atoms with Gasteiger partial charge in [0.25, 0.3) is 8.08 Å². The van der Waals surface area contributed by atoms with Crippen LogP contribution in [0.5, 0.6) is 0 Å². The first kappa shape index (κ1) is 9.58. The molecular formula is C6H16FPSi. The topological polar surface area (TPSA) is 0 Å². The van der Waals surface area contributed by atoms with Crippen LogP contribution in [0, 0.1) is 0 Å². The van der Waals surface area contributed by atoms with Gasteiger partial charge in [-0.05, 0) is 11.1 Å². The largest absolute Gasteiger partial charge is 0.308 e. The number of rotatable bonds is 2. The van der Waals surface area contributed by atoms with Crippen LogP contribution in [-0.4, -0.2) is 8.08 Å². The molecule has 0 heterocycles. The normalized spacial score (nSPS) is 13.3. The fraction of sp³-hybridized carbons (Fsp3) is 1.00. The van der Waals surface area contributed by atoms with Gasteiger partial charge in [0.15, 0.2) is 0 Å². The van der Waals surface area contributed by atoms with Gasteiger partial charge < -0.3 is 4.11 Å². The first-order chi connectivity index (χ1) is 3.89. The lowest BCUT2D eigenvalue weighted by molar-refractivity contribution is 0.716. The van der Waals surface area contributed by atoms with Gasteiger partial charge in [-0.15, -0.1) is 8.79 Å². The summed E-state index contributed by atoms with van der Waals surface area (Å²) < 4.78 is 13.4. The summed E-state index contributed by atoms with van der Waals surface area (Å²) in [7, 11) is -0.0224. The Morgan fingerprint density at radius 3 is 1.33 bits per heavy atom. The highest BCUT2D eigenvalue weighted by atomic mass is 31.3. The summed E-state index contributed by atoms with van der Waals surface area (Å²) >= 11 is 0. The molecule has 0 amide bonds. The molecular weight excluding hydrogens is 150 g/mol. The lowest BCUT2D eigenvalue weighted by Crippen LogP contribution is -2.27. The minimum absolute atomic E-state index is 0.225. The minimum Gasteiger partial charge on any atom is -0.308 e. The maximum absolute atomic E-state index is 13.4. The molecule has 1 atom stereocenters. The molecule has 0 rings (SSSR count). The van der Waals surface area contributed by atoms with Crippen molar-refractivity contribution in [1.29, 1.82) is 0 Å². The molecule has 0 N–H and O–H groups in total. The third kappa shape index (κ3) is 2.35. The summed E-state index contributed by atoms with van der Waals surface area (Å²) in [4.78, 5) is 0. The molecule has 0 aliphatic rings. The highest BCUT2D eigenvalue weighted by Gasteiger charge is 2.35. The second-order valence-electron chi connectivity index (χ2n) is 3.14. The fourth-order valence-corrected chi connectivity index (χ4v) is 2.00. The molecule has 0 fully saturated rings. The average Bonchev–Trinajstić information content (AvgIpc) is 1.65. The number of halogens is 1. The van der Waals surface area contributed by atoms with Gasteiger partial charge in [0.1, 0.15) is 0 Å². The van der Waals surface area contributed by atoms with Crippen molar-refractivity contribution in [3.63, 3.8) is 0 Å². The Balaban J connectivity index is 4.01. The van der Waals surface area contributed by atoms with Crippen LogP contribution in [0.25, 0.3) is 0 Å². The molecule has 9 heavy (non-hydrogen) atoms. The van der Waals surface area contributed by atoms with Crippen LogP contribution in [0.4, 0.5) is 4.11 Å². The van der Waals surface area contributed by atoms with Gasteiger partial charge in [-0.25, -0.2) is 0 Å². The van der Waals surface area contributed by atoms with Crippen molar-refractivity contribution in [3.05, 3.63) is 0 Å². The van der Waals surface area contributed by atoms with E-state index >= 15 is 0 Å². The summed E-state index contributed by atoms with van der Waals surface area (Å²) in [6, 6.07) is 0. The molecule has 0 aromatic carbocycles. The molecule has 0 spiro atoms. The van der Waals surface area contributed by atoms with E-state index in [1.165, 1.54) is 0 Å². The van der Waals surface area contributed by atoms with Crippen LogP contribution >= 0.6 is 8.79 Å². The minimum atomic E-state index is -2.44. The Morgan fingerprint density at radius 1 is 1.11 bits per heavy atom. The van der Waals surface area contributed by atoms with E-state index in [9.17, 15) is 4.11 Å². The molecule has 1 unspecified atom stereocenters. The number of hydrogen-bond acceptors (Lipinski definition) is 0. The van der Waals surface area contributed by atoms with Crippen LogP contribution in [0.1, 0.15) is 27.7 Å². The van der Waals surface area contributed by atoms with Gasteiger partial charge in [-0.1, -0.05) is 27.7 Å². The van der Waals surface area contributed by atoms with E-state index < -0.39 is 8.08 Å². The first-order valence-corrected chi connectivity index (χ1v) is 7.21. The molecule has 0 nitrogen and oxygen atoms in total. The second kappa shape index (κ2) is 3.11. The maximum atomic E-state index is 13.4. The van der Waals surface area contributed by atoms with E-state index in [0.717, 1.165) is 0 Å². The van der Waals surface area contributed by atoms with Gasteiger partial charge >= 0.3 is 0 Å². The molecule has 0 aromatic rings. The van der Waals surface area contributed by atoms with E-state index in [1.54, 1.807) is 0 Å². The summed E-state index contributed by atoms with van der Waals surface area (Å²) in [5, 5.41) is 0. The first-order valence-electron chi connectivity index (χ1n) is 3.36. The van der Waals surface area contributed by atoms with E-state index in [1.807, 2.05) is 27.7 Å². The predicted molar refractivity (Wildman–Crippen MR) is 46.8 cm³/mol. The molecule has 56 valence electrons. The Bertz CT molecular complexity index is 81.1. The van der Waals surface area contributed by atoms with Gasteiger partial charge in [0.2, 0.25) is 0 Å². The monoisotopic (exact) mass is 166 g/mol. The molecule has 0 radical (unpaired) electrons. The molecule has 0 saturated heterocycles. The van der Waals surface area contributed by atoms with Crippen molar-refractivity contribution in [2.75, 3.05) is 0 Å². The Labute approximate surface area is 60.5 Å². The third-order valence-electron chi connectivity index (χ3n) is 1.77. The number of hydrogen-bond donors (Lipinski definition) is 0. The third-order valence-corrected chi connectivity index (χ3v) is 9.31. The lowest BCUT2D eigenvalue weighted by atomic mass is 10.5. The Morgan fingerprint density at radius 2 is 1.33 bits per heavy atom. The standard InChI is InChI=1S/C6H16FPSi/c1-5(2)9(7,8)6(3)4/h5-6H,8H2,1-4H3. The fourth-order valence-electron chi connectivity index (χ4n) is 0.667. The Kier molecular flexibility index (Phi) is 3.31. The zero-order valence-corrected chi connectivity index (χ0v) is 8.76. The smallest absolute Gasteiger partial charge is 0.270 e. The SMILES string of the molecule is CC(C)[Si](F)(P)C(C)C. The summed E-state index contributed by atoms with van der Waals surface area (Å²) in [6.45, 7) is 7.83. The van der Waals surface area contributed by atoms with Crippen molar-refractivity contribution in [2.45, 2.75) is 38.8 Å². The van der Waals surface area contributed by atoms with Crippen LogP contribution < -0.4 is 0 Å². The molecule has 0 bridgehead atoms. The highest BCUT2D eigenvalue weighted by molar-refractivity contribution is 7.67. The van der Waals surface area contributed by atoms with Crippen LogP contribution in [0.15, 0.2) is 0 Å². The van der Waals surface area contributed by atoms with E-state index in [0.29, 0.717) is 0 Å². The van der Waals surface area contributed by atoms with E-state index in [4.69, 9.17) is 0 Å². The van der Waals surface area contributed by atoms with Crippen LogP contribution in [0.2, 0.25) is 11.1 Å². The van der Waals surface area contributed by atoms with Gasteiger partial charge in [0.05, 0.1) is 0 Å². The average molecular weight is 166 g/mol. The van der Waals surface area contributed by atoms with Gasteiger partial charge in [-0.3, -0.25) is 0 Å². The zero-order valence-electron chi connectivity index (χ0n) is 6.61. The zero-order chi connectivity index (χ0) is 7.65. The van der Waals surface area contributed by atoms with Crippen molar-refractivity contribution < 1.29 is 4.11 Å². The molecule has 0 aliphatic heterocycles. The van der Waals surface area contributed by atoms with Crippen molar-refractivity contribution in [2.24, 2.45) is 0 Å². The lowest BCUT2D eigenvalue weighted by Gasteiger charge is -2.24. The summed E-state index contributed by atoms with van der Waals surface area (Å²) in [6.07, 6.45) is 0. The summed E-state index contributed by atoms with van der Waals surface area (Å²) in [5.74, 6) is 0. The molecule has 0 aliphatic carbocycles. The van der Waals surface area contributed by atoms with E-state index in [-0.39, 0.29) is 11.1 Å². The molecule has 3 heteroatoms. The Hall–Kier alpha value is 0.577. The van der Waals surface area contributed by atoms with Crippen molar-refractivity contribution in [1.82, 2.24) is 0 Å². The van der Waals surface area contributed by atoms with Crippen molar-refractivity contribution >= 4 is 16.9 Å². The quantitative estimate of drug-likeness (QED) is 0.336. The van der Waals surface area contributed by atoms with E-state index in [2.05, 4.69) is 8.79 Å². The molecule has 0 saturated carbocycles. The maximum Gasteiger partial charge on any atom is 0.270 e. The van der Waals surface area contributed by atoms with Crippen LogP contribution in [-0.2, 0) is 0 Å². The summed E-state index contributed by atoms with van der Waals surface area (Å²) in [5.41, 5.74) is 0.449. The van der Waals surface area contributed by atoms with Gasteiger partial charge in [0, 0.05) is 0 Å². The highest BCUT2D eigenvalue weighted by Crippen LogP contribution is 2.38. The van der Waals surface area contributed by atoms with Gasteiger partial charge in [-0.2, -0.15) is 0 Å². The predicted octanol–water partition coefficient (Wildman–Crippen LogP) is 3.09. The van der Waals surface area contributed by atoms with Crippen molar-refractivity contribution in [3.8, 4) is 0 Å². The molecule has 0 aromatic heterocycles. The van der Waals surface area contributed by atoms with Crippen LogP contribution in [0.3, 0.4) is 0 Å². The second-order valence-corrected chi connectivity index (χ2v) is 9.76.